The zero-order valence-electron chi connectivity index (χ0n) is 47.8. The summed E-state index contributed by atoms with van der Waals surface area (Å²) in [5.74, 6) is 3.59. The number of thiophene rings is 1. The molecule has 406 valence electrons. The van der Waals surface area contributed by atoms with Crippen molar-refractivity contribution in [2.24, 2.45) is 0 Å². The van der Waals surface area contributed by atoms with Crippen LogP contribution in [0.4, 0.5) is 68.2 Å². The van der Waals surface area contributed by atoms with Crippen LogP contribution in [0.2, 0.25) is 0 Å². The van der Waals surface area contributed by atoms with Crippen LogP contribution in [0.1, 0.15) is 51.7 Å². The number of ether oxygens (including phenoxy) is 2. The first kappa shape index (κ1) is 49.9. The first-order valence-electron chi connectivity index (χ1n) is 29.8. The van der Waals surface area contributed by atoms with Crippen molar-refractivity contribution in [1.82, 2.24) is 0 Å². The molecule has 1 aliphatic carbocycles. The first-order valence-corrected chi connectivity index (χ1v) is 30.6. The second-order valence-corrected chi connectivity index (χ2v) is 25.7. The van der Waals surface area contributed by atoms with Gasteiger partial charge in [-0.2, -0.15) is 0 Å². The van der Waals surface area contributed by atoms with Crippen molar-refractivity contribution in [2.45, 2.75) is 51.4 Å². The minimum atomic E-state index is -0.184. The third-order valence-electron chi connectivity index (χ3n) is 18.7. The number of hydrogen-bond donors (Lipinski definition) is 0. The molecule has 9 heteroatoms. The van der Waals surface area contributed by atoms with Gasteiger partial charge in [-0.1, -0.05) is 161 Å². The second kappa shape index (κ2) is 18.9. The van der Waals surface area contributed by atoms with Gasteiger partial charge in [-0.25, -0.2) is 0 Å². The molecule has 0 bridgehead atoms. The average molecular weight is 1110 g/mol. The van der Waals surface area contributed by atoms with E-state index in [2.05, 4.69) is 302 Å². The predicted molar refractivity (Wildman–Crippen MR) is 358 cm³/mol. The highest BCUT2D eigenvalue weighted by molar-refractivity contribution is 7.33. The van der Waals surface area contributed by atoms with Gasteiger partial charge in [0.1, 0.15) is 23.0 Å². The number of rotatable bonds is 8. The van der Waals surface area contributed by atoms with Crippen LogP contribution in [0.25, 0.3) is 10.1 Å². The Kier molecular flexibility index (Phi) is 11.1. The summed E-state index contributed by atoms with van der Waals surface area (Å²) in [5, 5.41) is 1.13. The maximum Gasteiger partial charge on any atom is 0.268 e. The molecule has 0 amide bonds. The number of anilines is 12. The van der Waals surface area contributed by atoms with E-state index in [0.717, 1.165) is 115 Å². The SMILES string of the molecule is CC1(C)CCC(C)(C)c2cc3c(cc21)Oc1cc(N(c2ccccc2)c2ccccc2)cc2c1B3c1cc3c(cc1N2c1ccccc1)N(c1ccccc1)c1cc(N(c2ccccc2)c2ccccc2)cc2c1B3c1sc3ccccc3c1O2. The lowest BCUT2D eigenvalue weighted by molar-refractivity contribution is 0.330. The fourth-order valence-electron chi connectivity index (χ4n) is 14.6. The Labute approximate surface area is 501 Å². The molecule has 0 saturated carbocycles. The Hall–Kier alpha value is -9.69. The van der Waals surface area contributed by atoms with Crippen LogP contribution in [0, 0.1) is 0 Å². The maximum absolute atomic E-state index is 7.61. The molecule has 0 fully saturated rings. The summed E-state index contributed by atoms with van der Waals surface area (Å²) in [6.45, 7) is 9.38. The summed E-state index contributed by atoms with van der Waals surface area (Å²) < 4.78 is 17.5. The molecule has 12 aromatic rings. The molecule has 0 spiro atoms. The van der Waals surface area contributed by atoms with Crippen molar-refractivity contribution >= 4 is 135 Å². The largest absolute Gasteiger partial charge is 0.458 e. The Bertz CT molecular complexity index is 4560. The maximum atomic E-state index is 7.61. The van der Waals surface area contributed by atoms with E-state index in [1.807, 2.05) is 11.3 Å². The molecule has 5 aliphatic rings. The van der Waals surface area contributed by atoms with Gasteiger partial charge in [-0.15, -0.1) is 11.3 Å². The lowest BCUT2D eigenvalue weighted by Gasteiger charge is -2.46. The zero-order valence-corrected chi connectivity index (χ0v) is 48.6. The standard InChI is InChI=1S/C76H58B2N4O2S/c1-75(2)39-40-76(3,4)59-46-67-62(45-58(59)75)77-60-47-61-64(48-63(60)81(53-33-19-9-20-34-53)65-41-55(43-68(83-67)71(65)77)79(49-25-11-5-12-26-49)50-27-13-6-14-28-50)82(54-35-21-10-22-36-54)66-42-56(80(51-29-15-7-16-30-51)52-31-17-8-18-32-52)44-69-72(66)78(61)74-73(84-69)57-37-23-24-38-70(57)85-74/h5-38,41-48H,39-40H2,1-4H3. The number of benzene rings is 11. The molecule has 0 N–H and O–H groups in total. The van der Waals surface area contributed by atoms with E-state index in [1.165, 1.54) is 42.5 Å². The monoisotopic (exact) mass is 1110 g/mol. The molecule has 1 aromatic heterocycles. The number of fused-ring (bicyclic) bond motifs is 11. The van der Waals surface area contributed by atoms with E-state index in [-0.39, 0.29) is 24.3 Å². The van der Waals surface area contributed by atoms with Gasteiger partial charge in [-0.05, 0) is 171 Å². The summed E-state index contributed by atoms with van der Waals surface area (Å²) in [4.78, 5) is 9.80. The van der Waals surface area contributed by atoms with Crippen molar-refractivity contribution < 1.29 is 9.47 Å². The van der Waals surface area contributed by atoms with Crippen LogP contribution in [0.3, 0.4) is 0 Å². The summed E-state index contributed by atoms with van der Waals surface area (Å²) >= 11 is 1.86. The van der Waals surface area contributed by atoms with Crippen LogP contribution < -0.4 is 61.2 Å². The summed E-state index contributed by atoms with van der Waals surface area (Å²) in [5.41, 5.74) is 21.6. The molecular formula is C76H58B2N4O2S. The Morgan fingerprint density at radius 1 is 0.376 bits per heavy atom. The summed E-state index contributed by atoms with van der Waals surface area (Å²) in [7, 11) is 0. The molecule has 11 aromatic carbocycles. The van der Waals surface area contributed by atoms with Crippen LogP contribution in [-0.2, 0) is 10.8 Å². The second-order valence-electron chi connectivity index (χ2n) is 24.6. The minimum absolute atomic E-state index is 0.0301. The van der Waals surface area contributed by atoms with Gasteiger partial charge in [0.05, 0.1) is 11.4 Å². The van der Waals surface area contributed by atoms with Crippen molar-refractivity contribution in [1.29, 1.82) is 0 Å². The van der Waals surface area contributed by atoms with E-state index >= 15 is 0 Å². The van der Waals surface area contributed by atoms with Crippen LogP contribution in [0.15, 0.2) is 255 Å². The van der Waals surface area contributed by atoms with Gasteiger partial charge in [0, 0.05) is 83.9 Å². The molecular weight excluding hydrogens is 1050 g/mol. The van der Waals surface area contributed by atoms with Crippen molar-refractivity contribution in [2.75, 3.05) is 19.6 Å². The van der Waals surface area contributed by atoms with E-state index in [4.69, 9.17) is 9.47 Å². The average Bonchev–Trinajstić information content (AvgIpc) is 1.52. The van der Waals surface area contributed by atoms with Crippen molar-refractivity contribution in [3.63, 3.8) is 0 Å². The summed E-state index contributed by atoms with van der Waals surface area (Å²) in [6, 6.07) is 93.3. The lowest BCUT2D eigenvalue weighted by Crippen LogP contribution is -2.63. The van der Waals surface area contributed by atoms with Crippen molar-refractivity contribution in [3.8, 4) is 23.0 Å². The molecule has 0 atom stereocenters. The van der Waals surface area contributed by atoms with Gasteiger partial charge in [-0.3, -0.25) is 0 Å². The molecule has 5 heterocycles. The lowest BCUT2D eigenvalue weighted by atomic mass is 9.31. The molecule has 0 radical (unpaired) electrons. The first-order chi connectivity index (χ1) is 41.6. The van der Waals surface area contributed by atoms with Crippen LogP contribution in [-0.4, -0.2) is 13.4 Å². The normalized spacial score (nSPS) is 15.0. The Balaban J connectivity index is 0.989. The van der Waals surface area contributed by atoms with Gasteiger partial charge in [0.15, 0.2) is 0 Å². The molecule has 0 saturated heterocycles. The third kappa shape index (κ3) is 7.72. The van der Waals surface area contributed by atoms with Gasteiger partial charge in [0.2, 0.25) is 0 Å². The highest BCUT2D eigenvalue weighted by atomic mass is 32.1. The van der Waals surface area contributed by atoms with Crippen LogP contribution >= 0.6 is 11.3 Å². The molecule has 85 heavy (non-hydrogen) atoms. The smallest absolute Gasteiger partial charge is 0.268 e. The Morgan fingerprint density at radius 3 is 1.31 bits per heavy atom. The number of hydrogen-bond acceptors (Lipinski definition) is 7. The minimum Gasteiger partial charge on any atom is -0.458 e. The van der Waals surface area contributed by atoms with Gasteiger partial charge in [0.25, 0.3) is 13.4 Å². The number of para-hydroxylation sites is 6. The van der Waals surface area contributed by atoms with Crippen molar-refractivity contribution in [3.05, 3.63) is 266 Å². The molecule has 6 nitrogen and oxygen atoms in total. The van der Waals surface area contributed by atoms with E-state index in [0.29, 0.717) is 0 Å². The van der Waals surface area contributed by atoms with E-state index in [1.54, 1.807) is 0 Å². The van der Waals surface area contributed by atoms with E-state index < -0.39 is 0 Å². The zero-order chi connectivity index (χ0) is 56.7. The number of nitrogens with zero attached hydrogens (tertiary/aromatic N) is 4. The van der Waals surface area contributed by atoms with E-state index in [9.17, 15) is 0 Å². The molecule has 17 rings (SSSR count). The highest BCUT2D eigenvalue weighted by Gasteiger charge is 2.50. The van der Waals surface area contributed by atoms with Gasteiger partial charge < -0.3 is 29.1 Å². The molecule has 0 unspecified atom stereocenters. The Morgan fingerprint density at radius 2 is 0.800 bits per heavy atom. The van der Waals surface area contributed by atoms with Gasteiger partial charge >= 0.3 is 0 Å². The topological polar surface area (TPSA) is 31.4 Å². The highest BCUT2D eigenvalue weighted by Crippen LogP contribution is 2.53. The molecule has 4 aliphatic heterocycles. The predicted octanol–water partition coefficient (Wildman–Crippen LogP) is 17.0. The quantitative estimate of drug-likeness (QED) is 0.141. The summed E-state index contributed by atoms with van der Waals surface area (Å²) in [6.07, 6.45) is 2.21. The van der Waals surface area contributed by atoms with Crippen LogP contribution in [0.5, 0.6) is 23.0 Å². The third-order valence-corrected chi connectivity index (χ3v) is 19.9. The fourth-order valence-corrected chi connectivity index (χ4v) is 15.9. The fraction of sp³-hybridized carbons (Fsp3) is 0.105.